The molecule has 0 spiro atoms. The van der Waals surface area contributed by atoms with Crippen LogP contribution in [-0.4, -0.2) is 202 Å². The molecule has 3 amide bonds. The highest BCUT2D eigenvalue weighted by Gasteiger charge is 2.30. The van der Waals surface area contributed by atoms with Crippen LogP contribution in [0, 0.1) is 5.82 Å². The monoisotopic (exact) mass is 1270 g/mol. The molecule has 10 heterocycles. The van der Waals surface area contributed by atoms with E-state index in [0.717, 1.165) is 110 Å². The molecule has 4 atom stereocenters. The number of halogens is 2. The minimum absolute atomic E-state index is 0.0528. The maximum atomic E-state index is 13.4. The van der Waals surface area contributed by atoms with Crippen molar-refractivity contribution in [2.75, 3.05) is 86.8 Å². The zero-order valence-corrected chi connectivity index (χ0v) is 54.5. The van der Waals surface area contributed by atoms with Gasteiger partial charge in [0.05, 0.1) is 41.3 Å². The highest BCUT2D eigenvalue weighted by molar-refractivity contribution is 6.76. The molecule has 1 aromatic carbocycles. The van der Waals surface area contributed by atoms with Crippen LogP contribution < -0.4 is 32.3 Å². The molecule has 30 heteroatoms. The first-order chi connectivity index (χ1) is 42.4. The molecule has 4 fully saturated rings. The summed E-state index contributed by atoms with van der Waals surface area (Å²) in [5.41, 5.74) is 7.53. The molecule has 0 radical (unpaired) electrons. The molecular weight excluding hydrogens is 1180 g/mol. The van der Waals surface area contributed by atoms with E-state index >= 15 is 0 Å². The van der Waals surface area contributed by atoms with E-state index in [0.29, 0.717) is 62.6 Å². The molecule has 9 N–H and O–H groups in total. The van der Waals surface area contributed by atoms with Crippen LogP contribution in [0.5, 0.6) is 0 Å². The van der Waals surface area contributed by atoms with Crippen LogP contribution in [0.3, 0.4) is 0 Å². The van der Waals surface area contributed by atoms with Crippen LogP contribution in [0.15, 0.2) is 55.8 Å². The third-order valence-electron chi connectivity index (χ3n) is 14.7. The Hall–Kier alpha value is -7.60. The van der Waals surface area contributed by atoms with Gasteiger partial charge in [0, 0.05) is 95.4 Å². The Morgan fingerprint density at radius 2 is 1.22 bits per heavy atom. The smallest absolute Gasteiger partial charge is 0.410 e. The molecule has 11 rings (SSSR count). The van der Waals surface area contributed by atoms with Crippen molar-refractivity contribution in [1.29, 1.82) is 0 Å². The van der Waals surface area contributed by atoms with E-state index in [4.69, 9.17) is 31.5 Å². The van der Waals surface area contributed by atoms with Crippen LogP contribution in [-0.2, 0) is 25.7 Å². The Balaban J connectivity index is 0.000000161. The average molecular weight is 1270 g/mol. The molecule has 7 aromatic rings. The molecule has 4 aliphatic rings. The Bertz CT molecular complexity index is 3380. The van der Waals surface area contributed by atoms with Crippen molar-refractivity contribution in [2.24, 2.45) is 5.73 Å². The number of nitrogens with zero attached hydrogens (tertiary/aromatic N) is 13. The largest absolute Gasteiger partial charge is 0.444 e. The first kappa shape index (κ1) is 67.3. The van der Waals surface area contributed by atoms with Gasteiger partial charge in [-0.15, -0.1) is 0 Å². The van der Waals surface area contributed by atoms with Gasteiger partial charge in [-0.1, -0.05) is 31.2 Å². The van der Waals surface area contributed by atoms with Crippen molar-refractivity contribution in [1.82, 2.24) is 80.1 Å². The number of benzene rings is 1. The minimum atomic E-state index is -1.12. The lowest BCUT2D eigenvalue weighted by Gasteiger charge is -2.34. The number of nitrogens with one attached hydrogen (secondary N) is 7. The fraction of sp³-hybridized carbons (Fsp3) is 0.593. The predicted octanol–water partition coefficient (Wildman–Crippen LogP) is 8.47. The molecule has 4 aliphatic heterocycles. The molecule has 6 aromatic heterocycles. The van der Waals surface area contributed by atoms with Crippen molar-refractivity contribution >= 4 is 94.0 Å². The molecule has 484 valence electrons. The second kappa shape index (κ2) is 31.2. The quantitative estimate of drug-likeness (QED) is 0.0374. The Morgan fingerprint density at radius 1 is 0.685 bits per heavy atom. The number of ether oxygens (including phenoxy) is 3. The van der Waals surface area contributed by atoms with Crippen LogP contribution in [0.1, 0.15) is 92.9 Å². The van der Waals surface area contributed by atoms with E-state index in [1.165, 1.54) is 31.3 Å². The van der Waals surface area contributed by atoms with Gasteiger partial charge in [-0.25, -0.2) is 48.6 Å². The normalized spacial score (nSPS) is 19.0. The summed E-state index contributed by atoms with van der Waals surface area (Å²) in [5, 5.41) is 37.6. The maximum absolute atomic E-state index is 13.4. The lowest BCUT2D eigenvalue weighted by atomic mass is 10.1. The van der Waals surface area contributed by atoms with Gasteiger partial charge in [-0.2, -0.15) is 15.3 Å². The number of amides is 3. The average Bonchev–Trinajstić information content (AvgIpc) is 3.08. The van der Waals surface area contributed by atoms with E-state index in [1.54, 1.807) is 56.7 Å². The number of aromatic nitrogens is 12. The van der Waals surface area contributed by atoms with Gasteiger partial charge in [-0.05, 0) is 124 Å². The number of H-pyrrole nitrogens is 2. The predicted molar refractivity (Wildman–Crippen MR) is 345 cm³/mol. The number of carbonyl (C=O) groups is 3. The van der Waals surface area contributed by atoms with Gasteiger partial charge in [0.25, 0.3) is 0 Å². The number of anilines is 4. The highest BCUT2D eigenvalue weighted by atomic mass is 35.5. The Morgan fingerprint density at radius 3 is 1.79 bits per heavy atom. The summed E-state index contributed by atoms with van der Waals surface area (Å²) in [5.74, 6) is 1.80. The first-order valence-electron chi connectivity index (χ1n) is 30.6. The number of carbonyl (C=O) groups excluding carboxylic acids is 3. The van der Waals surface area contributed by atoms with Gasteiger partial charge in [0.1, 0.15) is 60.2 Å². The van der Waals surface area contributed by atoms with Crippen LogP contribution >= 0.6 is 11.6 Å². The van der Waals surface area contributed by atoms with E-state index in [1.807, 2.05) is 41.5 Å². The summed E-state index contributed by atoms with van der Waals surface area (Å²) < 4.78 is 31.8. The summed E-state index contributed by atoms with van der Waals surface area (Å²) in [6.45, 7) is 25.5. The van der Waals surface area contributed by atoms with Crippen LogP contribution in [0.4, 0.5) is 37.1 Å². The number of likely N-dealkylation sites (tertiary alicyclic amines) is 3. The van der Waals surface area contributed by atoms with Crippen molar-refractivity contribution in [3.05, 3.63) is 66.6 Å². The third-order valence-corrected chi connectivity index (χ3v) is 16.6. The molecule has 0 aliphatic carbocycles. The Labute approximate surface area is 524 Å². The van der Waals surface area contributed by atoms with E-state index in [9.17, 15) is 18.8 Å². The zero-order valence-electron chi connectivity index (χ0n) is 52.7. The number of nitrogens with two attached hydrogens (primary N) is 1. The molecule has 89 heavy (non-hydrogen) atoms. The number of aromatic amines is 2. The number of piperidine rings is 4. The number of rotatable bonds is 14. The number of hydrogen-bond acceptors (Lipinski definition) is 21. The lowest BCUT2D eigenvalue weighted by molar-refractivity contribution is -0.130. The Kier molecular flexibility index (Phi) is 23.6. The molecular formula is C59H89ClFN21O6Si. The van der Waals surface area contributed by atoms with E-state index < -0.39 is 25.1 Å². The summed E-state index contributed by atoms with van der Waals surface area (Å²) >= 11 is 5.84. The second-order valence-electron chi connectivity index (χ2n) is 25.9. The number of fused-ring (bicyclic) bond motifs is 3. The van der Waals surface area contributed by atoms with Crippen LogP contribution in [0.25, 0.3) is 33.1 Å². The second-order valence-corrected chi connectivity index (χ2v) is 32.0. The SMILES string of the molecule is CC(C)(C)OC(=O)N1CCC[C@@H](N)C1.CC(C)(C)OC(=O)N1CCC[C@@H](Nc2ncnc3c2cnn3COCC[Si](C)(C)C)C1.O=C(CNc1cc(F)cc(Cl)c1)N1CCC[C@@H](Nc2ncnc3[nH]ncc23)C1.c1nc(N[C@@H]2CCCNC2)c2cn[nH]c2n1. The summed E-state index contributed by atoms with van der Waals surface area (Å²) in [6.07, 6.45) is 17.3. The fourth-order valence-electron chi connectivity index (χ4n) is 10.3. The van der Waals surface area contributed by atoms with E-state index in [-0.39, 0.29) is 47.8 Å². The van der Waals surface area contributed by atoms with Gasteiger partial charge in [-0.3, -0.25) is 15.0 Å². The summed E-state index contributed by atoms with van der Waals surface area (Å²) in [7, 11) is -1.12. The molecule has 27 nitrogen and oxygen atoms in total. The number of hydrogen-bond donors (Lipinski definition) is 8. The highest BCUT2D eigenvalue weighted by Crippen LogP contribution is 2.26. The van der Waals surface area contributed by atoms with Crippen molar-refractivity contribution in [3.63, 3.8) is 0 Å². The van der Waals surface area contributed by atoms with Crippen molar-refractivity contribution < 1.29 is 33.0 Å². The van der Waals surface area contributed by atoms with Gasteiger partial charge in [0.2, 0.25) is 5.91 Å². The van der Waals surface area contributed by atoms with Gasteiger partial charge in [0.15, 0.2) is 16.9 Å². The van der Waals surface area contributed by atoms with Crippen molar-refractivity contribution in [3.8, 4) is 0 Å². The molecule has 0 unspecified atom stereocenters. The van der Waals surface area contributed by atoms with Gasteiger partial charge >= 0.3 is 12.2 Å². The topological polar surface area (TPSA) is 327 Å². The van der Waals surface area contributed by atoms with Gasteiger partial charge < -0.3 is 61.2 Å². The van der Waals surface area contributed by atoms with Crippen molar-refractivity contribution in [2.45, 2.75) is 161 Å². The molecule has 4 saturated heterocycles. The lowest BCUT2D eigenvalue weighted by Crippen LogP contribution is -2.47. The maximum Gasteiger partial charge on any atom is 0.410 e. The zero-order chi connectivity index (χ0) is 63.7. The summed E-state index contributed by atoms with van der Waals surface area (Å²) in [4.78, 5) is 67.5. The standard InChI is InChI=1S/C21H36N6O3Si.C18H19ClFN7O.C10H14N6.C10H20N2O2/c1-21(2,3)30-20(28)26-9-7-8-16(13-26)25-18-17-12-24-27(19(17)23-14-22-18)15-29-10-11-31(4,5)6;19-11-4-12(20)6-14(5-11)21-8-16(28)27-3-1-2-13(9-27)25-17-15-7-24-26-18(15)23-10-22-17;1-2-7(4-11-3-1)15-9-8-5-14-16-10(8)13-6-12-9;1-10(2,3)14-9(13)12-6-4-5-8(11)7-12/h12,14,16H,7-11,13,15H2,1-6H3,(H,22,23,25);4-7,10,13,21H,1-3,8-9H2,(H2,22,23,24,25,26);5-7,11H,1-4H2,(H2,12,13,14,15,16);8H,4-7,11H2,1-3H3/t16-;13-;7-;8-/m1111/s1. The fourth-order valence-corrected chi connectivity index (χ4v) is 11.3. The van der Waals surface area contributed by atoms with Crippen LogP contribution in [0.2, 0.25) is 30.7 Å². The minimum Gasteiger partial charge on any atom is -0.444 e. The third kappa shape index (κ3) is 21.3. The molecule has 0 bridgehead atoms. The first-order valence-corrected chi connectivity index (χ1v) is 34.7. The summed E-state index contributed by atoms with van der Waals surface area (Å²) in [6, 6.07) is 5.96. The van der Waals surface area contributed by atoms with E-state index in [2.05, 4.69) is 102 Å². The molecule has 0 saturated carbocycles.